The lowest BCUT2D eigenvalue weighted by Crippen LogP contribution is -2.48. The number of aromatic nitrogens is 1. The van der Waals surface area contributed by atoms with Crippen molar-refractivity contribution >= 4 is 22.4 Å². The Balaban J connectivity index is 1.64. The normalized spacial score (nSPS) is 15.3. The molecule has 1 fully saturated rings. The predicted molar refractivity (Wildman–Crippen MR) is 86.1 cm³/mol. The van der Waals surface area contributed by atoms with Gasteiger partial charge < -0.3 is 9.80 Å². The summed E-state index contributed by atoms with van der Waals surface area (Å²) in [5.74, 6) is 0.127. The second kappa shape index (κ2) is 5.85. The second-order valence-electron chi connectivity index (χ2n) is 5.28. The first-order valence-corrected chi connectivity index (χ1v) is 8.00. The average Bonchev–Trinajstić information content (AvgIpc) is 2.87. The third-order valence-electron chi connectivity index (χ3n) is 3.88. The highest BCUT2D eigenvalue weighted by atomic mass is 32.1. The van der Waals surface area contributed by atoms with E-state index in [2.05, 4.69) is 16.8 Å². The van der Waals surface area contributed by atoms with Gasteiger partial charge in [0.2, 0.25) is 0 Å². The smallest absolute Gasteiger partial charge is 0.253 e. The molecule has 21 heavy (non-hydrogen) atoms. The van der Waals surface area contributed by atoms with Crippen LogP contribution in [0.2, 0.25) is 0 Å². The molecule has 1 saturated heterocycles. The van der Waals surface area contributed by atoms with Crippen LogP contribution in [0.15, 0.2) is 30.3 Å². The van der Waals surface area contributed by atoms with Crippen LogP contribution in [-0.4, -0.2) is 42.0 Å². The Morgan fingerprint density at radius 2 is 1.76 bits per heavy atom. The number of rotatable bonds is 2. The lowest BCUT2D eigenvalue weighted by molar-refractivity contribution is 0.0747. The molecule has 2 heterocycles. The van der Waals surface area contributed by atoms with Gasteiger partial charge in [-0.05, 0) is 26.0 Å². The Labute approximate surface area is 129 Å². The largest absolute Gasteiger partial charge is 0.345 e. The van der Waals surface area contributed by atoms with E-state index in [4.69, 9.17) is 0 Å². The summed E-state index contributed by atoms with van der Waals surface area (Å²) in [7, 11) is 0. The van der Waals surface area contributed by atoms with E-state index >= 15 is 0 Å². The maximum atomic E-state index is 12.4. The third-order valence-corrected chi connectivity index (χ3v) is 5.01. The van der Waals surface area contributed by atoms with Gasteiger partial charge in [-0.15, -0.1) is 11.3 Å². The van der Waals surface area contributed by atoms with Crippen LogP contribution in [-0.2, 0) is 0 Å². The fraction of sp³-hybridized carbons (Fsp3) is 0.375. The van der Waals surface area contributed by atoms with Gasteiger partial charge in [0, 0.05) is 36.6 Å². The predicted octanol–water partition coefficient (Wildman–Crippen LogP) is 2.72. The summed E-state index contributed by atoms with van der Waals surface area (Å²) in [6, 6.07) is 9.50. The number of hydrogen-bond acceptors (Lipinski definition) is 4. The molecule has 0 saturated carbocycles. The molecule has 1 aromatic carbocycles. The summed E-state index contributed by atoms with van der Waals surface area (Å²) in [5.41, 5.74) is 1.88. The molecule has 5 heteroatoms. The van der Waals surface area contributed by atoms with Crippen molar-refractivity contribution in [3.63, 3.8) is 0 Å². The first-order chi connectivity index (χ1) is 10.1. The van der Waals surface area contributed by atoms with Crippen molar-refractivity contribution in [2.45, 2.75) is 13.8 Å². The zero-order valence-corrected chi connectivity index (χ0v) is 13.2. The van der Waals surface area contributed by atoms with Gasteiger partial charge in [-0.2, -0.15) is 0 Å². The van der Waals surface area contributed by atoms with Crippen LogP contribution >= 0.6 is 11.3 Å². The number of benzene rings is 1. The van der Waals surface area contributed by atoms with Gasteiger partial charge in [-0.1, -0.05) is 18.2 Å². The zero-order chi connectivity index (χ0) is 14.8. The van der Waals surface area contributed by atoms with Gasteiger partial charge in [0.1, 0.15) is 0 Å². The number of amides is 1. The number of anilines is 1. The van der Waals surface area contributed by atoms with E-state index < -0.39 is 0 Å². The molecule has 1 amide bonds. The number of hydrogen-bond donors (Lipinski definition) is 0. The van der Waals surface area contributed by atoms with Crippen molar-refractivity contribution in [1.82, 2.24) is 9.88 Å². The number of carbonyl (C=O) groups is 1. The van der Waals surface area contributed by atoms with Crippen LogP contribution in [0.5, 0.6) is 0 Å². The molecule has 0 radical (unpaired) electrons. The van der Waals surface area contributed by atoms with Crippen molar-refractivity contribution in [1.29, 1.82) is 0 Å². The summed E-state index contributed by atoms with van der Waals surface area (Å²) in [6.07, 6.45) is 0. The fourth-order valence-electron chi connectivity index (χ4n) is 2.46. The third kappa shape index (κ3) is 2.93. The molecule has 0 atom stereocenters. The van der Waals surface area contributed by atoms with E-state index in [1.807, 2.05) is 42.2 Å². The molecular weight excluding hydrogens is 282 g/mol. The van der Waals surface area contributed by atoms with Crippen molar-refractivity contribution in [3.8, 4) is 0 Å². The van der Waals surface area contributed by atoms with Gasteiger partial charge in [-0.25, -0.2) is 4.98 Å². The molecule has 0 unspecified atom stereocenters. The Bertz CT molecular complexity index is 611. The Morgan fingerprint density at radius 3 is 2.33 bits per heavy atom. The van der Waals surface area contributed by atoms with Crippen molar-refractivity contribution < 1.29 is 4.79 Å². The molecule has 1 aliphatic heterocycles. The van der Waals surface area contributed by atoms with E-state index in [0.29, 0.717) is 0 Å². The Hall–Kier alpha value is -1.88. The van der Waals surface area contributed by atoms with Crippen molar-refractivity contribution in [2.24, 2.45) is 0 Å². The van der Waals surface area contributed by atoms with Crippen LogP contribution in [0.4, 0.5) is 5.13 Å². The number of piperazine rings is 1. The second-order valence-corrected chi connectivity index (χ2v) is 6.46. The molecule has 0 aliphatic carbocycles. The average molecular weight is 301 g/mol. The fourth-order valence-corrected chi connectivity index (χ4v) is 3.42. The lowest BCUT2D eigenvalue weighted by Gasteiger charge is -2.34. The zero-order valence-electron chi connectivity index (χ0n) is 12.4. The van der Waals surface area contributed by atoms with Crippen molar-refractivity contribution in [3.05, 3.63) is 46.5 Å². The summed E-state index contributed by atoms with van der Waals surface area (Å²) < 4.78 is 0. The van der Waals surface area contributed by atoms with E-state index in [1.54, 1.807) is 11.3 Å². The first kappa shape index (κ1) is 14.1. The molecule has 110 valence electrons. The minimum absolute atomic E-state index is 0.127. The van der Waals surface area contributed by atoms with Crippen LogP contribution < -0.4 is 4.90 Å². The number of nitrogens with zero attached hydrogens (tertiary/aromatic N) is 3. The Morgan fingerprint density at radius 1 is 1.10 bits per heavy atom. The van der Waals surface area contributed by atoms with Gasteiger partial charge in [-0.3, -0.25) is 4.79 Å². The van der Waals surface area contributed by atoms with Gasteiger partial charge >= 0.3 is 0 Å². The molecular formula is C16H19N3OS. The van der Waals surface area contributed by atoms with Gasteiger partial charge in [0.15, 0.2) is 5.13 Å². The molecule has 0 bridgehead atoms. The molecule has 0 spiro atoms. The highest BCUT2D eigenvalue weighted by Crippen LogP contribution is 2.26. The summed E-state index contributed by atoms with van der Waals surface area (Å²) >= 11 is 1.74. The van der Waals surface area contributed by atoms with E-state index in [1.165, 1.54) is 4.88 Å². The lowest BCUT2D eigenvalue weighted by atomic mass is 10.2. The number of thiazole rings is 1. The summed E-state index contributed by atoms with van der Waals surface area (Å²) in [4.78, 5) is 22.5. The topological polar surface area (TPSA) is 36.4 Å². The maximum absolute atomic E-state index is 12.4. The molecule has 1 aromatic heterocycles. The van der Waals surface area contributed by atoms with E-state index in [0.717, 1.165) is 42.6 Å². The van der Waals surface area contributed by atoms with E-state index in [9.17, 15) is 4.79 Å². The molecule has 1 aliphatic rings. The molecule has 0 N–H and O–H groups in total. The minimum atomic E-state index is 0.127. The minimum Gasteiger partial charge on any atom is -0.345 e. The van der Waals surface area contributed by atoms with E-state index in [-0.39, 0.29) is 5.91 Å². The standard InChI is InChI=1S/C16H19N3OS/c1-12-13(2)21-16(17-12)19-10-8-18(9-11-19)15(20)14-6-4-3-5-7-14/h3-7H,8-11H2,1-2H3. The molecule has 4 nitrogen and oxygen atoms in total. The summed E-state index contributed by atoms with van der Waals surface area (Å²) in [6.45, 7) is 7.36. The Kier molecular flexibility index (Phi) is 3.92. The summed E-state index contributed by atoms with van der Waals surface area (Å²) in [5, 5.41) is 1.08. The first-order valence-electron chi connectivity index (χ1n) is 7.18. The molecule has 2 aromatic rings. The van der Waals surface area contributed by atoms with Crippen molar-refractivity contribution in [2.75, 3.05) is 31.1 Å². The molecule has 3 rings (SSSR count). The number of carbonyl (C=O) groups excluding carboxylic acids is 1. The highest BCUT2D eigenvalue weighted by molar-refractivity contribution is 7.15. The van der Waals surface area contributed by atoms with Crippen LogP contribution in [0, 0.1) is 13.8 Å². The van der Waals surface area contributed by atoms with Crippen LogP contribution in [0.3, 0.4) is 0 Å². The SMILES string of the molecule is Cc1nc(N2CCN(C(=O)c3ccccc3)CC2)sc1C. The highest BCUT2D eigenvalue weighted by Gasteiger charge is 2.23. The van der Waals surface area contributed by atoms with Crippen LogP contribution in [0.1, 0.15) is 20.9 Å². The quantitative estimate of drug-likeness (QED) is 0.856. The van der Waals surface area contributed by atoms with Gasteiger partial charge in [0.05, 0.1) is 5.69 Å². The van der Waals surface area contributed by atoms with Gasteiger partial charge in [0.25, 0.3) is 5.91 Å². The monoisotopic (exact) mass is 301 g/mol. The number of aryl methyl sites for hydroxylation is 2. The van der Waals surface area contributed by atoms with Crippen LogP contribution in [0.25, 0.3) is 0 Å². The maximum Gasteiger partial charge on any atom is 0.253 e.